The van der Waals surface area contributed by atoms with Crippen LogP contribution in [0.25, 0.3) is 10.9 Å². The lowest BCUT2D eigenvalue weighted by atomic mass is 9.93. The van der Waals surface area contributed by atoms with Crippen molar-refractivity contribution in [2.75, 3.05) is 39.4 Å². The predicted octanol–water partition coefficient (Wildman–Crippen LogP) is 4.20. The van der Waals surface area contributed by atoms with Gasteiger partial charge in [0.15, 0.2) is 0 Å². The fourth-order valence-corrected chi connectivity index (χ4v) is 7.57. The summed E-state index contributed by atoms with van der Waals surface area (Å²) in [6.45, 7) is 5.62. The summed E-state index contributed by atoms with van der Waals surface area (Å²) in [4.78, 5) is 44.0. The molecule has 2 saturated heterocycles. The average molecular weight is 628 g/mol. The van der Waals surface area contributed by atoms with E-state index in [4.69, 9.17) is 4.74 Å². The Morgan fingerprint density at radius 3 is 2.33 bits per heavy atom. The van der Waals surface area contributed by atoms with Gasteiger partial charge in [-0.2, -0.15) is 0 Å². The Labute approximate surface area is 272 Å². The number of piperidine rings is 1. The van der Waals surface area contributed by atoms with Crippen molar-refractivity contribution >= 4 is 28.6 Å². The molecule has 9 heteroatoms. The van der Waals surface area contributed by atoms with Gasteiger partial charge in [-0.25, -0.2) is 0 Å². The van der Waals surface area contributed by atoms with Gasteiger partial charge in [0, 0.05) is 50.7 Å². The number of amides is 3. The van der Waals surface area contributed by atoms with Crippen molar-refractivity contribution in [1.82, 2.24) is 25.4 Å². The molecule has 6 rings (SSSR count). The molecule has 2 aliphatic heterocycles. The number of nitrogens with one attached hydrogen (secondary N) is 3. The molecule has 3 fully saturated rings. The van der Waals surface area contributed by atoms with E-state index in [1.54, 1.807) is 0 Å². The summed E-state index contributed by atoms with van der Waals surface area (Å²) < 4.78 is 7.39. The Hall–Kier alpha value is -3.69. The summed E-state index contributed by atoms with van der Waals surface area (Å²) in [6.07, 6.45) is 7.57. The Kier molecular flexibility index (Phi) is 10.4. The molecule has 2 aromatic carbocycles. The lowest BCUT2D eigenvalue weighted by Crippen LogP contribution is -2.61. The lowest BCUT2D eigenvalue weighted by Gasteiger charge is -2.35. The van der Waals surface area contributed by atoms with E-state index in [0.29, 0.717) is 37.4 Å². The predicted molar refractivity (Wildman–Crippen MR) is 179 cm³/mol. The zero-order chi connectivity index (χ0) is 31.9. The van der Waals surface area contributed by atoms with Gasteiger partial charge in [0.2, 0.25) is 11.8 Å². The van der Waals surface area contributed by atoms with E-state index >= 15 is 0 Å². The molecule has 1 aliphatic carbocycles. The molecule has 3 heterocycles. The molecule has 0 spiro atoms. The highest BCUT2D eigenvalue weighted by molar-refractivity contribution is 6.02. The number of aryl methyl sites for hydroxylation is 1. The molecular formula is C37H49N5O4. The molecule has 0 radical (unpaired) electrons. The fraction of sp³-hybridized carbons (Fsp3) is 0.541. The van der Waals surface area contributed by atoms with Crippen molar-refractivity contribution in [3.05, 3.63) is 71.9 Å². The molecule has 0 bridgehead atoms. The Morgan fingerprint density at radius 1 is 0.913 bits per heavy atom. The molecular weight excluding hydrogens is 578 g/mol. The van der Waals surface area contributed by atoms with Crippen LogP contribution in [-0.2, 0) is 27.8 Å². The van der Waals surface area contributed by atoms with Crippen molar-refractivity contribution in [3.8, 4) is 0 Å². The van der Waals surface area contributed by atoms with Gasteiger partial charge < -0.3 is 30.2 Å². The van der Waals surface area contributed by atoms with Gasteiger partial charge in [0.25, 0.3) is 5.91 Å². The lowest BCUT2D eigenvalue weighted by molar-refractivity contribution is -0.132. The van der Waals surface area contributed by atoms with E-state index in [2.05, 4.69) is 20.9 Å². The third kappa shape index (κ3) is 7.64. The van der Waals surface area contributed by atoms with Gasteiger partial charge in [-0.3, -0.25) is 14.4 Å². The molecule has 0 unspecified atom stereocenters. The first-order valence-electron chi connectivity index (χ1n) is 17.2. The van der Waals surface area contributed by atoms with E-state index in [0.717, 1.165) is 93.8 Å². The molecule has 3 N–H and O–H groups in total. The molecule has 46 heavy (non-hydrogen) atoms. The van der Waals surface area contributed by atoms with Gasteiger partial charge in [-0.15, -0.1) is 0 Å². The average Bonchev–Trinajstić information content (AvgIpc) is 3.70. The largest absolute Gasteiger partial charge is 0.381 e. The number of aromatic nitrogens is 1. The zero-order valence-corrected chi connectivity index (χ0v) is 27.1. The highest BCUT2D eigenvalue weighted by Gasteiger charge is 2.44. The minimum atomic E-state index is -1.06. The minimum Gasteiger partial charge on any atom is -0.381 e. The van der Waals surface area contributed by atoms with Crippen LogP contribution in [0.15, 0.2) is 60.7 Å². The van der Waals surface area contributed by atoms with E-state index in [1.807, 2.05) is 72.3 Å². The number of nitrogens with zero attached hydrogens (tertiary/aromatic N) is 2. The highest BCUT2D eigenvalue weighted by Crippen LogP contribution is 2.31. The number of rotatable bonds is 11. The van der Waals surface area contributed by atoms with Crippen molar-refractivity contribution < 1.29 is 19.1 Å². The van der Waals surface area contributed by atoms with E-state index in [9.17, 15) is 14.4 Å². The maximum atomic E-state index is 14.1. The van der Waals surface area contributed by atoms with Gasteiger partial charge in [0.1, 0.15) is 17.3 Å². The van der Waals surface area contributed by atoms with Gasteiger partial charge in [-0.1, -0.05) is 61.4 Å². The minimum absolute atomic E-state index is 0.171. The van der Waals surface area contributed by atoms with Crippen LogP contribution in [0.4, 0.5) is 0 Å². The van der Waals surface area contributed by atoms with Gasteiger partial charge >= 0.3 is 0 Å². The second-order valence-electron chi connectivity index (χ2n) is 13.7. The zero-order valence-electron chi connectivity index (χ0n) is 27.1. The van der Waals surface area contributed by atoms with Crippen LogP contribution in [0.1, 0.15) is 67.4 Å². The quantitative estimate of drug-likeness (QED) is 0.296. The summed E-state index contributed by atoms with van der Waals surface area (Å²) in [5, 5.41) is 10.4. The van der Waals surface area contributed by atoms with Crippen LogP contribution in [0.2, 0.25) is 0 Å². The number of fused-ring (bicyclic) bond motifs is 1. The topological polar surface area (TPSA) is 105 Å². The van der Waals surface area contributed by atoms with Crippen molar-refractivity contribution in [2.24, 2.45) is 18.9 Å². The fourth-order valence-electron chi connectivity index (χ4n) is 7.57. The second kappa shape index (κ2) is 14.8. The second-order valence-corrected chi connectivity index (χ2v) is 13.7. The molecule has 1 saturated carbocycles. The summed E-state index contributed by atoms with van der Waals surface area (Å²) in [6, 6.07) is 18.8. The standard InChI is InChI=1S/C37H49N5O4/c1-41-32-12-6-5-11-30(32)24-33(41)35(44)40-37(17-7-8-18-37)36(45)39-31(23-27-9-3-2-4-10-27)34(43)38-25-28-13-19-42(20-14-28)26-29-15-21-46-22-16-29/h2-6,9-12,24,28-29,31H,7-8,13-23,25-26H2,1H3,(H,38,43)(H,39,45)(H,40,44)/t31-/m1/s1. The van der Waals surface area contributed by atoms with E-state index in [1.165, 1.54) is 0 Å². The van der Waals surface area contributed by atoms with Crippen LogP contribution in [0.3, 0.4) is 0 Å². The van der Waals surface area contributed by atoms with Crippen LogP contribution >= 0.6 is 0 Å². The van der Waals surface area contributed by atoms with Crippen molar-refractivity contribution in [1.29, 1.82) is 0 Å². The van der Waals surface area contributed by atoms with Crippen LogP contribution in [0.5, 0.6) is 0 Å². The molecule has 9 nitrogen and oxygen atoms in total. The van der Waals surface area contributed by atoms with Gasteiger partial charge in [-0.05, 0) is 81.1 Å². The number of hydrogen-bond acceptors (Lipinski definition) is 5. The molecule has 3 amide bonds. The first kappa shape index (κ1) is 32.3. The number of likely N-dealkylation sites (tertiary alicyclic amines) is 1. The molecule has 3 aromatic rings. The van der Waals surface area contributed by atoms with E-state index in [-0.39, 0.29) is 17.7 Å². The van der Waals surface area contributed by atoms with Crippen molar-refractivity contribution in [2.45, 2.75) is 69.4 Å². The number of hydrogen-bond donors (Lipinski definition) is 3. The first-order valence-corrected chi connectivity index (χ1v) is 17.2. The van der Waals surface area contributed by atoms with Crippen LogP contribution < -0.4 is 16.0 Å². The summed E-state index contributed by atoms with van der Waals surface area (Å²) in [5.41, 5.74) is 1.39. The summed E-state index contributed by atoms with van der Waals surface area (Å²) >= 11 is 0. The number of carbonyl (C=O) groups is 3. The maximum Gasteiger partial charge on any atom is 0.268 e. The van der Waals surface area contributed by atoms with Crippen LogP contribution in [0, 0.1) is 11.8 Å². The normalized spacial score (nSPS) is 19.9. The molecule has 246 valence electrons. The Balaban J connectivity index is 1.09. The highest BCUT2D eigenvalue weighted by atomic mass is 16.5. The first-order chi connectivity index (χ1) is 22.4. The van der Waals surface area contributed by atoms with Gasteiger partial charge in [0.05, 0.1) is 0 Å². The van der Waals surface area contributed by atoms with Crippen LogP contribution in [-0.4, -0.2) is 78.2 Å². The number of benzene rings is 2. The number of carbonyl (C=O) groups excluding carboxylic acids is 3. The molecule has 1 atom stereocenters. The Morgan fingerprint density at radius 2 is 1.61 bits per heavy atom. The monoisotopic (exact) mass is 627 g/mol. The number of para-hydroxylation sites is 1. The third-order valence-corrected chi connectivity index (χ3v) is 10.5. The number of ether oxygens (including phenoxy) is 1. The third-order valence-electron chi connectivity index (χ3n) is 10.5. The molecule has 1 aromatic heterocycles. The summed E-state index contributed by atoms with van der Waals surface area (Å²) in [7, 11) is 1.87. The van der Waals surface area contributed by atoms with E-state index < -0.39 is 11.6 Å². The van der Waals surface area contributed by atoms with Crippen molar-refractivity contribution in [3.63, 3.8) is 0 Å². The SMILES string of the molecule is Cn1c(C(=O)NC2(C(=O)N[C@H](Cc3ccccc3)C(=O)NCC3CCN(CC4CCOCC4)CC3)CCCC2)cc2ccccc21. The molecule has 3 aliphatic rings. The Bertz CT molecular complexity index is 1480. The maximum absolute atomic E-state index is 14.1. The summed E-state index contributed by atoms with van der Waals surface area (Å²) in [5.74, 6) is 0.421. The smallest absolute Gasteiger partial charge is 0.268 e.